The second kappa shape index (κ2) is 3.20. The molecule has 2 rings (SSSR count). The zero-order chi connectivity index (χ0) is 10.2. The minimum absolute atomic E-state index is 0.220. The van der Waals surface area contributed by atoms with Crippen molar-refractivity contribution in [1.29, 1.82) is 5.53 Å². The van der Waals surface area contributed by atoms with E-state index in [1.165, 1.54) is 0 Å². The third kappa shape index (κ3) is 1.10. The van der Waals surface area contributed by atoms with Crippen LogP contribution in [-0.2, 0) is 9.63 Å². The van der Waals surface area contributed by atoms with Crippen molar-refractivity contribution < 1.29 is 9.63 Å². The molecule has 2 aliphatic carbocycles. The van der Waals surface area contributed by atoms with Gasteiger partial charge in [-0.1, -0.05) is 5.22 Å². The molecule has 4 N–H and O–H groups in total. The van der Waals surface area contributed by atoms with Crippen LogP contribution in [0.1, 0.15) is 25.7 Å². The Morgan fingerprint density at radius 2 is 2.43 bits per heavy atom. The largest absolute Gasteiger partial charge is 0.371 e. The van der Waals surface area contributed by atoms with E-state index in [0.717, 1.165) is 19.3 Å². The third-order valence-corrected chi connectivity index (χ3v) is 3.58. The van der Waals surface area contributed by atoms with Gasteiger partial charge in [0.15, 0.2) is 5.54 Å². The summed E-state index contributed by atoms with van der Waals surface area (Å²) in [4.78, 5) is 15.9. The molecule has 3 atom stereocenters. The molecule has 0 amide bonds. The number of hydrogen-bond acceptors (Lipinski definition) is 5. The molecule has 0 aromatic heterocycles. The predicted molar refractivity (Wildman–Crippen MR) is 46.7 cm³/mol. The Kier molecular flexibility index (Phi) is 2.14. The fourth-order valence-corrected chi connectivity index (χ4v) is 2.97. The van der Waals surface area contributed by atoms with Gasteiger partial charge in [-0.05, 0) is 37.5 Å². The Labute approximate surface area is 81.6 Å². The van der Waals surface area contributed by atoms with E-state index in [9.17, 15) is 4.79 Å². The van der Waals surface area contributed by atoms with Crippen LogP contribution in [0, 0.1) is 17.4 Å². The summed E-state index contributed by atoms with van der Waals surface area (Å²) >= 11 is 0. The first-order chi connectivity index (χ1) is 6.73. The molecule has 0 aromatic carbocycles. The minimum atomic E-state index is -0.820. The molecule has 0 radical (unpaired) electrons. The third-order valence-electron chi connectivity index (χ3n) is 3.58. The van der Waals surface area contributed by atoms with E-state index < -0.39 is 11.5 Å². The molecule has 2 aliphatic rings. The number of nitrogens with zero attached hydrogens (tertiary/aromatic N) is 1. The van der Waals surface area contributed by atoms with Crippen molar-refractivity contribution in [1.82, 2.24) is 5.43 Å². The van der Waals surface area contributed by atoms with E-state index in [1.54, 1.807) is 0 Å². The highest BCUT2D eigenvalue weighted by molar-refractivity contribution is 5.81. The van der Waals surface area contributed by atoms with E-state index in [4.69, 9.17) is 11.4 Å². The lowest BCUT2D eigenvalue weighted by Gasteiger charge is -2.32. The maximum absolute atomic E-state index is 11.6. The van der Waals surface area contributed by atoms with Crippen LogP contribution in [0.2, 0.25) is 0 Å². The van der Waals surface area contributed by atoms with Gasteiger partial charge in [-0.25, -0.2) is 4.79 Å². The van der Waals surface area contributed by atoms with Crippen molar-refractivity contribution >= 4 is 5.97 Å². The molecule has 6 nitrogen and oxygen atoms in total. The molecular formula is C8H14N4O2. The lowest BCUT2D eigenvalue weighted by molar-refractivity contribution is -0.155. The molecule has 0 aliphatic heterocycles. The first-order valence-electron chi connectivity index (χ1n) is 4.77. The van der Waals surface area contributed by atoms with Crippen LogP contribution in [0.25, 0.3) is 0 Å². The van der Waals surface area contributed by atoms with Gasteiger partial charge in [-0.3, -0.25) is 5.43 Å². The van der Waals surface area contributed by atoms with Crippen molar-refractivity contribution in [2.24, 2.45) is 23.0 Å². The van der Waals surface area contributed by atoms with E-state index in [1.807, 2.05) is 0 Å². The zero-order valence-electron chi connectivity index (χ0n) is 7.82. The standard InChI is InChI=1S/C8H14N4O2/c9-12-11-8(7(13)14-10)4-5-1-2-6(8)3-5/h5-6H,1-4,10H2,(H2,9,11)/t5-,6?,8?/m1/s1. The van der Waals surface area contributed by atoms with E-state index in [0.29, 0.717) is 12.3 Å². The summed E-state index contributed by atoms with van der Waals surface area (Å²) in [7, 11) is 0. The van der Waals surface area contributed by atoms with E-state index in [2.05, 4.69) is 15.5 Å². The van der Waals surface area contributed by atoms with Gasteiger partial charge in [-0.15, -0.1) is 0 Å². The quantitative estimate of drug-likeness (QED) is 0.454. The van der Waals surface area contributed by atoms with Crippen LogP contribution in [-0.4, -0.2) is 11.5 Å². The molecule has 0 heterocycles. The highest BCUT2D eigenvalue weighted by Crippen LogP contribution is 2.51. The van der Waals surface area contributed by atoms with Crippen LogP contribution < -0.4 is 11.3 Å². The van der Waals surface area contributed by atoms with Gasteiger partial charge < -0.3 is 4.84 Å². The first kappa shape index (κ1) is 9.39. The monoisotopic (exact) mass is 198 g/mol. The summed E-state index contributed by atoms with van der Waals surface area (Å²) in [5.41, 5.74) is 8.56. The van der Waals surface area contributed by atoms with Gasteiger partial charge in [0.1, 0.15) is 0 Å². The number of nitrogens with two attached hydrogens (primary N) is 1. The summed E-state index contributed by atoms with van der Waals surface area (Å²) in [5.74, 6) is 5.19. The fraction of sp³-hybridized carbons (Fsp3) is 0.875. The minimum Gasteiger partial charge on any atom is -0.371 e. The first-order valence-corrected chi connectivity index (χ1v) is 4.77. The van der Waals surface area contributed by atoms with Crippen molar-refractivity contribution in [2.45, 2.75) is 31.2 Å². The van der Waals surface area contributed by atoms with Crippen molar-refractivity contribution in [3.63, 3.8) is 0 Å². The van der Waals surface area contributed by atoms with Crippen molar-refractivity contribution in [3.05, 3.63) is 0 Å². The molecule has 6 heteroatoms. The Balaban J connectivity index is 2.23. The highest BCUT2D eigenvalue weighted by Gasteiger charge is 2.57. The average molecular weight is 198 g/mol. The molecule has 0 spiro atoms. The number of carbonyl (C=O) groups is 1. The average Bonchev–Trinajstić information content (AvgIpc) is 2.77. The molecule has 0 aromatic rings. The fourth-order valence-electron chi connectivity index (χ4n) is 2.97. The van der Waals surface area contributed by atoms with Crippen LogP contribution >= 0.6 is 0 Å². The number of carbonyl (C=O) groups excluding carboxylic acids is 1. The summed E-state index contributed by atoms with van der Waals surface area (Å²) in [6, 6.07) is 0. The molecule has 2 saturated carbocycles. The van der Waals surface area contributed by atoms with Crippen LogP contribution in [0.3, 0.4) is 0 Å². The maximum atomic E-state index is 11.6. The Morgan fingerprint density at radius 1 is 1.64 bits per heavy atom. The number of fused-ring (bicyclic) bond motifs is 2. The van der Waals surface area contributed by atoms with Crippen LogP contribution in [0.5, 0.6) is 0 Å². The second-order valence-electron chi connectivity index (χ2n) is 4.18. The van der Waals surface area contributed by atoms with Gasteiger partial charge in [0.05, 0.1) is 0 Å². The highest BCUT2D eigenvalue weighted by atomic mass is 16.7. The van der Waals surface area contributed by atoms with Gasteiger partial charge in [-0.2, -0.15) is 11.4 Å². The maximum Gasteiger partial charge on any atom is 0.352 e. The number of hydrogen-bond donors (Lipinski definition) is 3. The number of nitrogens with one attached hydrogen (secondary N) is 2. The SMILES string of the molecule is N=NNC1(C(=O)ON)C[C@@H]2CCC1C2. The van der Waals surface area contributed by atoms with Crippen LogP contribution in [0.15, 0.2) is 5.22 Å². The zero-order valence-corrected chi connectivity index (χ0v) is 7.82. The van der Waals surface area contributed by atoms with Gasteiger partial charge >= 0.3 is 5.97 Å². The Bertz CT molecular complexity index is 270. The number of rotatable bonds is 3. The Hall–Kier alpha value is -1.17. The van der Waals surface area contributed by atoms with E-state index in [-0.39, 0.29) is 5.92 Å². The molecular weight excluding hydrogens is 184 g/mol. The lowest BCUT2D eigenvalue weighted by Crippen LogP contribution is -2.55. The predicted octanol–water partition coefficient (Wildman–Crippen LogP) is 0.498. The van der Waals surface area contributed by atoms with E-state index >= 15 is 0 Å². The van der Waals surface area contributed by atoms with Crippen molar-refractivity contribution in [2.75, 3.05) is 0 Å². The van der Waals surface area contributed by atoms with Gasteiger partial charge in [0.2, 0.25) is 0 Å². The van der Waals surface area contributed by atoms with Gasteiger partial charge in [0, 0.05) is 0 Å². The summed E-state index contributed by atoms with van der Waals surface area (Å²) < 4.78 is 0. The molecule has 0 saturated heterocycles. The molecule has 14 heavy (non-hydrogen) atoms. The topological polar surface area (TPSA) is 101 Å². The molecule has 2 unspecified atom stereocenters. The van der Waals surface area contributed by atoms with Gasteiger partial charge in [0.25, 0.3) is 0 Å². The molecule has 2 fully saturated rings. The second-order valence-corrected chi connectivity index (χ2v) is 4.18. The van der Waals surface area contributed by atoms with Crippen LogP contribution in [0.4, 0.5) is 0 Å². The smallest absolute Gasteiger partial charge is 0.352 e. The Morgan fingerprint density at radius 3 is 2.86 bits per heavy atom. The molecule has 78 valence electrons. The lowest BCUT2D eigenvalue weighted by atomic mass is 9.81. The molecule has 2 bridgehead atoms. The van der Waals surface area contributed by atoms with Crippen molar-refractivity contribution in [3.8, 4) is 0 Å². The summed E-state index contributed by atoms with van der Waals surface area (Å²) in [6.07, 6.45) is 3.85. The normalized spacial score (nSPS) is 39.5. The summed E-state index contributed by atoms with van der Waals surface area (Å²) in [6.45, 7) is 0. The summed E-state index contributed by atoms with van der Waals surface area (Å²) in [5, 5.41) is 3.12.